The molecule has 2 atom stereocenters. The molecule has 0 fully saturated rings. The van der Waals surface area contributed by atoms with Gasteiger partial charge in [-0.25, -0.2) is 4.90 Å². The van der Waals surface area contributed by atoms with Crippen molar-refractivity contribution in [2.24, 2.45) is 4.99 Å². The molecule has 2 heterocycles. The smallest absolute Gasteiger partial charge is 0.228 e. The number of alkyl halides is 1. The van der Waals surface area contributed by atoms with Gasteiger partial charge in [0.15, 0.2) is 0 Å². The van der Waals surface area contributed by atoms with Crippen LogP contribution in [0.5, 0.6) is 0 Å². The van der Waals surface area contributed by atoms with Crippen molar-refractivity contribution in [3.05, 3.63) is 24.7 Å². The standard InChI is InChI=1S/C6H5BrFN3/c7-6-10-4-2-9-5(10)1-3-11(6)8/h1-4,6H/p+1. The molecule has 11 heavy (non-hydrogen) atoms. The van der Waals surface area contributed by atoms with E-state index < -0.39 is 0 Å². The van der Waals surface area contributed by atoms with Crippen LogP contribution < -0.4 is 4.90 Å². The van der Waals surface area contributed by atoms with Crippen molar-refractivity contribution in [3.8, 4) is 0 Å². The Morgan fingerprint density at radius 3 is 3.36 bits per heavy atom. The van der Waals surface area contributed by atoms with Crippen LogP contribution in [0.1, 0.15) is 0 Å². The summed E-state index contributed by atoms with van der Waals surface area (Å²) < 4.78 is 12.8. The van der Waals surface area contributed by atoms with Crippen molar-refractivity contribution in [1.82, 2.24) is 5.12 Å². The minimum absolute atomic E-state index is 0.384. The van der Waals surface area contributed by atoms with Crippen LogP contribution in [-0.2, 0) is 0 Å². The van der Waals surface area contributed by atoms with Gasteiger partial charge in [0.25, 0.3) is 5.08 Å². The summed E-state index contributed by atoms with van der Waals surface area (Å²) in [6, 6.07) is 0. The van der Waals surface area contributed by atoms with Gasteiger partial charge in [-0.15, -0.1) is 0 Å². The van der Waals surface area contributed by atoms with Crippen molar-refractivity contribution in [1.29, 1.82) is 0 Å². The lowest BCUT2D eigenvalue weighted by molar-refractivity contribution is -0.775. The molecule has 2 unspecified atom stereocenters. The molecule has 0 radical (unpaired) electrons. The molecule has 0 bridgehead atoms. The Morgan fingerprint density at radius 1 is 1.73 bits per heavy atom. The monoisotopic (exact) mass is 218 g/mol. The van der Waals surface area contributed by atoms with Gasteiger partial charge in [-0.2, -0.15) is 10.1 Å². The van der Waals surface area contributed by atoms with Crippen LogP contribution in [0, 0.1) is 0 Å². The topological polar surface area (TPSA) is 20.0 Å². The van der Waals surface area contributed by atoms with Crippen LogP contribution in [0.4, 0.5) is 4.48 Å². The number of quaternary nitrogens is 1. The van der Waals surface area contributed by atoms with E-state index in [0.29, 0.717) is 5.12 Å². The van der Waals surface area contributed by atoms with E-state index in [1.54, 1.807) is 18.5 Å². The maximum atomic E-state index is 12.8. The normalized spacial score (nSPS) is 34.0. The second-order valence-corrected chi connectivity index (χ2v) is 3.15. The largest absolute Gasteiger partial charge is 0.256 e. The van der Waals surface area contributed by atoms with Crippen molar-refractivity contribution in [2.75, 3.05) is 0 Å². The quantitative estimate of drug-likeness (QED) is 0.349. The summed E-state index contributed by atoms with van der Waals surface area (Å²) in [4.78, 5) is 4.90. The van der Waals surface area contributed by atoms with Crippen LogP contribution in [0.2, 0.25) is 0 Å². The lowest BCUT2D eigenvalue weighted by Crippen LogP contribution is -3.14. The molecule has 2 rings (SSSR count). The van der Waals surface area contributed by atoms with E-state index in [1.165, 1.54) is 6.20 Å². The van der Waals surface area contributed by atoms with E-state index in [1.807, 2.05) is 0 Å². The van der Waals surface area contributed by atoms with E-state index in [0.717, 1.165) is 10.7 Å². The fourth-order valence-electron chi connectivity index (χ4n) is 1.05. The molecule has 0 aromatic carbocycles. The van der Waals surface area contributed by atoms with E-state index in [-0.39, 0.29) is 5.08 Å². The van der Waals surface area contributed by atoms with Gasteiger partial charge in [-0.3, -0.25) is 0 Å². The molecule has 2 aliphatic heterocycles. The Bertz CT molecular complexity index is 261. The summed E-state index contributed by atoms with van der Waals surface area (Å²) in [6.07, 6.45) is 6.47. The van der Waals surface area contributed by atoms with E-state index in [2.05, 4.69) is 20.9 Å². The number of aliphatic imine (C=N–C) groups is 1. The molecule has 5 heteroatoms. The molecule has 0 aliphatic carbocycles. The zero-order valence-electron chi connectivity index (χ0n) is 5.54. The molecule has 0 aromatic rings. The molecule has 1 N–H and O–H groups in total. The van der Waals surface area contributed by atoms with Gasteiger partial charge in [-0.05, 0) is 0 Å². The predicted octanol–water partition coefficient (Wildman–Crippen LogP) is 0.147. The lowest BCUT2D eigenvalue weighted by atomic mass is 10.4. The Kier molecular flexibility index (Phi) is 1.54. The molecule has 0 saturated heterocycles. The van der Waals surface area contributed by atoms with Gasteiger partial charge < -0.3 is 0 Å². The van der Waals surface area contributed by atoms with Crippen molar-refractivity contribution in [2.45, 2.75) is 5.08 Å². The number of nitrogens with one attached hydrogen (secondary N) is 1. The molecule has 2 aliphatic rings. The van der Waals surface area contributed by atoms with Gasteiger partial charge >= 0.3 is 0 Å². The molecule has 0 spiro atoms. The highest BCUT2D eigenvalue weighted by atomic mass is 79.9. The third kappa shape index (κ3) is 1.00. The third-order valence-electron chi connectivity index (χ3n) is 1.61. The van der Waals surface area contributed by atoms with Crippen LogP contribution in [0.25, 0.3) is 0 Å². The second kappa shape index (κ2) is 2.42. The van der Waals surface area contributed by atoms with Crippen LogP contribution >= 0.6 is 15.9 Å². The summed E-state index contributed by atoms with van der Waals surface area (Å²) in [5.41, 5.74) is 0. The number of hydrogen-bond donors (Lipinski definition) is 1. The van der Waals surface area contributed by atoms with E-state index >= 15 is 0 Å². The minimum atomic E-state index is -0.384. The maximum absolute atomic E-state index is 12.8. The van der Waals surface area contributed by atoms with Crippen molar-refractivity contribution in [3.63, 3.8) is 0 Å². The first-order valence-corrected chi connectivity index (χ1v) is 4.08. The van der Waals surface area contributed by atoms with Gasteiger partial charge in [0.2, 0.25) is 5.84 Å². The van der Waals surface area contributed by atoms with Crippen molar-refractivity contribution >= 4 is 21.8 Å². The van der Waals surface area contributed by atoms with Gasteiger partial charge in [-0.1, -0.05) is 4.48 Å². The number of rotatable bonds is 0. The first kappa shape index (κ1) is 7.00. The SMILES string of the molecule is FN1C=CC2=NC=C[NH+]2C1Br. The summed E-state index contributed by atoms with van der Waals surface area (Å²) in [6.45, 7) is 0. The molecular weight excluding hydrogens is 213 g/mol. The number of halogens is 2. The number of fused-ring (bicyclic) bond motifs is 1. The summed E-state index contributed by atoms with van der Waals surface area (Å²) in [7, 11) is 0. The Balaban J connectivity index is 2.33. The highest BCUT2D eigenvalue weighted by Gasteiger charge is 2.32. The summed E-state index contributed by atoms with van der Waals surface area (Å²) in [5, 5.41) is 0.217. The maximum Gasteiger partial charge on any atom is 0.256 e. The van der Waals surface area contributed by atoms with Gasteiger partial charge in [0, 0.05) is 28.2 Å². The zero-order valence-corrected chi connectivity index (χ0v) is 7.12. The summed E-state index contributed by atoms with van der Waals surface area (Å²) in [5.74, 6) is 0.834. The highest BCUT2D eigenvalue weighted by molar-refractivity contribution is 9.09. The molecule has 58 valence electrons. The fourth-order valence-corrected chi connectivity index (χ4v) is 1.57. The van der Waals surface area contributed by atoms with Gasteiger partial charge in [0.1, 0.15) is 6.20 Å². The van der Waals surface area contributed by atoms with E-state index in [4.69, 9.17) is 0 Å². The van der Waals surface area contributed by atoms with E-state index in [9.17, 15) is 4.48 Å². The summed E-state index contributed by atoms with van der Waals surface area (Å²) >= 11 is 3.19. The average molecular weight is 219 g/mol. The van der Waals surface area contributed by atoms with Crippen LogP contribution in [0.3, 0.4) is 0 Å². The predicted molar refractivity (Wildman–Crippen MR) is 42.3 cm³/mol. The molecular formula is C6H6BrFN3+. The fraction of sp³-hybridized carbons (Fsp3) is 0.167. The first-order chi connectivity index (χ1) is 5.29. The number of hydrogen-bond acceptors (Lipinski definition) is 2. The van der Waals surface area contributed by atoms with Crippen LogP contribution in [0.15, 0.2) is 29.7 Å². The second-order valence-electron chi connectivity index (χ2n) is 2.28. The molecule has 0 saturated carbocycles. The Labute approximate surface area is 71.6 Å². The Hall–Kier alpha value is -0.680. The van der Waals surface area contributed by atoms with Crippen LogP contribution in [-0.4, -0.2) is 16.0 Å². The average Bonchev–Trinajstić information content (AvgIpc) is 2.45. The highest BCUT2D eigenvalue weighted by Crippen LogP contribution is 2.07. The zero-order chi connectivity index (χ0) is 7.84. The lowest BCUT2D eigenvalue weighted by Gasteiger charge is -2.24. The molecule has 0 amide bonds. The van der Waals surface area contributed by atoms with Crippen molar-refractivity contribution < 1.29 is 9.38 Å². The molecule has 3 nitrogen and oxygen atoms in total. The molecule has 0 aromatic heterocycles. The first-order valence-electron chi connectivity index (χ1n) is 3.17. The number of nitrogens with zero attached hydrogens (tertiary/aromatic N) is 2. The Morgan fingerprint density at radius 2 is 2.55 bits per heavy atom. The van der Waals surface area contributed by atoms with Gasteiger partial charge in [0.05, 0.1) is 6.20 Å². The number of amidine groups is 1. The minimum Gasteiger partial charge on any atom is -0.228 e. The third-order valence-corrected chi connectivity index (χ3v) is 2.50.